The molecule has 1 aromatic carbocycles. The van der Waals surface area contributed by atoms with Gasteiger partial charge in [-0.1, -0.05) is 19.1 Å². The molecule has 0 spiro atoms. The van der Waals surface area contributed by atoms with Crippen LogP contribution >= 0.6 is 0 Å². The lowest BCUT2D eigenvalue weighted by Crippen LogP contribution is -2.34. The average Bonchev–Trinajstić information content (AvgIpc) is 2.96. The molecule has 0 saturated carbocycles. The zero-order valence-electron chi connectivity index (χ0n) is 12.0. The van der Waals surface area contributed by atoms with Crippen LogP contribution in [0.5, 0.6) is 5.75 Å². The highest BCUT2D eigenvalue weighted by Gasteiger charge is 2.30. The fraction of sp³-hybridized carbons (Fsp3) is 0.533. The Morgan fingerprint density at radius 3 is 3.00 bits per heavy atom. The van der Waals surface area contributed by atoms with Crippen LogP contribution in [0.3, 0.4) is 0 Å². The predicted molar refractivity (Wildman–Crippen MR) is 80.2 cm³/mol. The summed E-state index contributed by atoms with van der Waals surface area (Å²) in [4.78, 5) is 14.1. The van der Waals surface area contributed by atoms with Crippen molar-refractivity contribution >= 4 is 16.7 Å². The van der Waals surface area contributed by atoms with Gasteiger partial charge in [0, 0.05) is 23.1 Å². The highest BCUT2D eigenvalue weighted by Crippen LogP contribution is 2.33. The van der Waals surface area contributed by atoms with Gasteiger partial charge in [-0.25, -0.2) is 0 Å². The molecule has 0 bridgehead atoms. The Labute approximate surface area is 122 Å². The van der Waals surface area contributed by atoms with E-state index in [9.17, 15) is 9.00 Å². The minimum Gasteiger partial charge on any atom is -0.497 e. The maximum atomic E-state index is 12.3. The summed E-state index contributed by atoms with van der Waals surface area (Å²) in [5, 5.41) is 0. The molecule has 0 unspecified atom stereocenters. The van der Waals surface area contributed by atoms with Crippen molar-refractivity contribution in [2.75, 3.05) is 25.2 Å². The zero-order chi connectivity index (χ0) is 14.5. The maximum absolute atomic E-state index is 12.3. The van der Waals surface area contributed by atoms with E-state index < -0.39 is 10.8 Å². The van der Waals surface area contributed by atoms with Gasteiger partial charge in [0.2, 0.25) is 5.91 Å². The summed E-state index contributed by atoms with van der Waals surface area (Å²) in [5.74, 6) is 1.47. The molecule has 2 rings (SSSR count). The van der Waals surface area contributed by atoms with E-state index in [1.165, 1.54) is 0 Å². The fourth-order valence-electron chi connectivity index (χ4n) is 2.58. The number of methoxy groups -OCH3 is 1. The highest BCUT2D eigenvalue weighted by atomic mass is 32.2. The molecule has 5 heteroatoms. The Bertz CT molecular complexity index is 504. The molecule has 1 fully saturated rings. The van der Waals surface area contributed by atoms with Gasteiger partial charge in [-0.2, -0.15) is 0 Å². The molecule has 110 valence electrons. The minimum absolute atomic E-state index is 0.00416. The molecule has 4 nitrogen and oxygen atoms in total. The minimum atomic E-state index is -1.05. The quantitative estimate of drug-likeness (QED) is 0.836. The lowest BCUT2D eigenvalue weighted by Gasteiger charge is -2.25. The normalized spacial score (nSPS) is 19.9. The molecule has 0 aliphatic carbocycles. The van der Waals surface area contributed by atoms with E-state index in [0.717, 1.165) is 30.7 Å². The highest BCUT2D eigenvalue weighted by molar-refractivity contribution is 7.85. The van der Waals surface area contributed by atoms with Gasteiger partial charge in [0.05, 0.1) is 13.2 Å². The molecule has 0 aromatic heterocycles. The number of ether oxygens (including phenoxy) is 1. The fourth-order valence-corrected chi connectivity index (χ4v) is 3.23. The predicted octanol–water partition coefficient (Wildman–Crippen LogP) is 2.13. The number of carbonyl (C=O) groups is 1. The third kappa shape index (κ3) is 3.39. The van der Waals surface area contributed by atoms with Gasteiger partial charge in [0.15, 0.2) is 0 Å². The number of benzene rings is 1. The monoisotopic (exact) mass is 295 g/mol. The van der Waals surface area contributed by atoms with Gasteiger partial charge in [-0.3, -0.25) is 9.00 Å². The van der Waals surface area contributed by atoms with Gasteiger partial charge in [-0.05, 0) is 30.5 Å². The number of nitrogens with zero attached hydrogens (tertiary/aromatic N) is 1. The van der Waals surface area contributed by atoms with Crippen molar-refractivity contribution in [1.82, 2.24) is 4.90 Å². The van der Waals surface area contributed by atoms with Crippen molar-refractivity contribution in [2.45, 2.75) is 25.8 Å². The van der Waals surface area contributed by atoms with Gasteiger partial charge in [0.1, 0.15) is 11.5 Å². The van der Waals surface area contributed by atoms with Crippen molar-refractivity contribution in [1.29, 1.82) is 0 Å². The smallest absolute Gasteiger partial charge is 0.235 e. The van der Waals surface area contributed by atoms with E-state index in [1.54, 1.807) is 7.11 Å². The third-order valence-corrected chi connectivity index (χ3v) is 4.87. The summed E-state index contributed by atoms with van der Waals surface area (Å²) < 4.78 is 16.8. The molecule has 1 aromatic rings. The molecule has 1 aliphatic heterocycles. The van der Waals surface area contributed by atoms with E-state index >= 15 is 0 Å². The van der Waals surface area contributed by atoms with Crippen LogP contribution in [0.1, 0.15) is 31.4 Å². The van der Waals surface area contributed by atoms with Gasteiger partial charge < -0.3 is 9.64 Å². The lowest BCUT2D eigenvalue weighted by molar-refractivity contribution is -0.129. The standard InChI is InChI=1S/C15H21NO3S/c1-3-20(18)11-15(17)16-9-5-8-14(16)12-6-4-7-13(10-12)19-2/h4,6-7,10,14H,3,5,8-9,11H2,1-2H3/t14-,20-/m0/s1. The average molecular weight is 295 g/mol. The zero-order valence-corrected chi connectivity index (χ0v) is 12.8. The molecule has 2 atom stereocenters. The first kappa shape index (κ1) is 15.0. The van der Waals surface area contributed by atoms with E-state index in [2.05, 4.69) is 0 Å². The second-order valence-corrected chi connectivity index (χ2v) is 6.64. The van der Waals surface area contributed by atoms with Crippen LogP contribution in [0.2, 0.25) is 0 Å². The molecular formula is C15H21NO3S. The van der Waals surface area contributed by atoms with Crippen molar-refractivity contribution in [3.8, 4) is 5.75 Å². The first-order chi connectivity index (χ1) is 9.65. The molecule has 1 amide bonds. The Morgan fingerprint density at radius 2 is 2.30 bits per heavy atom. The molecule has 1 heterocycles. The summed E-state index contributed by atoms with van der Waals surface area (Å²) in [6.45, 7) is 2.59. The molecular weight excluding hydrogens is 274 g/mol. The Kier molecular flexibility index (Phi) is 5.17. The summed E-state index contributed by atoms with van der Waals surface area (Å²) in [5.41, 5.74) is 1.09. The number of amides is 1. The summed E-state index contributed by atoms with van der Waals surface area (Å²) in [6, 6.07) is 7.94. The summed E-state index contributed by atoms with van der Waals surface area (Å²) >= 11 is 0. The number of carbonyl (C=O) groups excluding carboxylic acids is 1. The van der Waals surface area contributed by atoms with Gasteiger partial charge in [-0.15, -0.1) is 0 Å². The molecule has 20 heavy (non-hydrogen) atoms. The summed E-state index contributed by atoms with van der Waals surface area (Å²) in [7, 11) is 0.594. The number of likely N-dealkylation sites (tertiary alicyclic amines) is 1. The van der Waals surface area contributed by atoms with E-state index in [-0.39, 0.29) is 17.7 Å². The van der Waals surface area contributed by atoms with Crippen LogP contribution in [-0.2, 0) is 15.6 Å². The lowest BCUT2D eigenvalue weighted by atomic mass is 10.0. The van der Waals surface area contributed by atoms with Crippen LogP contribution < -0.4 is 4.74 Å². The Balaban J connectivity index is 2.14. The van der Waals surface area contributed by atoms with Gasteiger partial charge >= 0.3 is 0 Å². The van der Waals surface area contributed by atoms with Gasteiger partial charge in [0.25, 0.3) is 0 Å². The topological polar surface area (TPSA) is 46.6 Å². The van der Waals surface area contributed by atoms with Crippen molar-refractivity contribution < 1.29 is 13.7 Å². The largest absolute Gasteiger partial charge is 0.497 e. The van der Waals surface area contributed by atoms with Crippen LogP contribution in [0, 0.1) is 0 Å². The van der Waals surface area contributed by atoms with Crippen molar-refractivity contribution in [2.24, 2.45) is 0 Å². The Hall–Kier alpha value is -1.36. The van der Waals surface area contributed by atoms with E-state index in [4.69, 9.17) is 4.74 Å². The third-order valence-electron chi connectivity index (χ3n) is 3.66. The molecule has 1 aliphatic rings. The second-order valence-electron chi connectivity index (χ2n) is 4.89. The van der Waals surface area contributed by atoms with E-state index in [1.807, 2.05) is 36.1 Å². The summed E-state index contributed by atoms with van der Waals surface area (Å²) in [6.07, 6.45) is 1.95. The maximum Gasteiger partial charge on any atom is 0.235 e. The number of hydrogen-bond acceptors (Lipinski definition) is 3. The van der Waals surface area contributed by atoms with Crippen molar-refractivity contribution in [3.05, 3.63) is 29.8 Å². The number of hydrogen-bond donors (Lipinski definition) is 0. The van der Waals surface area contributed by atoms with E-state index in [0.29, 0.717) is 5.75 Å². The second kappa shape index (κ2) is 6.88. The van der Waals surface area contributed by atoms with Crippen molar-refractivity contribution in [3.63, 3.8) is 0 Å². The first-order valence-corrected chi connectivity index (χ1v) is 8.43. The van der Waals surface area contributed by atoms with Crippen LogP contribution in [0.15, 0.2) is 24.3 Å². The number of rotatable bonds is 5. The molecule has 0 N–H and O–H groups in total. The Morgan fingerprint density at radius 1 is 1.50 bits per heavy atom. The molecule has 1 saturated heterocycles. The van der Waals surface area contributed by atoms with Crippen LogP contribution in [-0.4, -0.2) is 40.2 Å². The molecule has 0 radical (unpaired) electrons. The SMILES string of the molecule is CC[S@](=O)CC(=O)N1CCC[C@H]1c1cccc(OC)c1. The first-order valence-electron chi connectivity index (χ1n) is 6.94. The van der Waals surface area contributed by atoms with Crippen LogP contribution in [0.4, 0.5) is 0 Å². The van der Waals surface area contributed by atoms with Crippen LogP contribution in [0.25, 0.3) is 0 Å².